The molecular weight excluding hydrogens is 160 g/mol. The summed E-state index contributed by atoms with van der Waals surface area (Å²) >= 11 is 0. The van der Waals surface area contributed by atoms with E-state index < -0.39 is 0 Å². The van der Waals surface area contributed by atoms with Crippen LogP contribution < -0.4 is 0 Å². The van der Waals surface area contributed by atoms with Crippen molar-refractivity contribution in [2.24, 2.45) is 0 Å². The van der Waals surface area contributed by atoms with Gasteiger partial charge in [0.05, 0.1) is 6.10 Å². The topological polar surface area (TPSA) is 20.2 Å². The number of rotatable bonds is 2. The summed E-state index contributed by atoms with van der Waals surface area (Å²) in [4.78, 5) is 0. The summed E-state index contributed by atoms with van der Waals surface area (Å²) < 4.78 is 0. The standard InChI is InChI=1S/C12H14O/c1-2-12(13)11-8-7-9-5-3-4-6-10(9)11/h3-8,11-13H,2H2,1H3. The summed E-state index contributed by atoms with van der Waals surface area (Å²) in [6.07, 6.45) is 4.76. The molecule has 0 aromatic heterocycles. The van der Waals surface area contributed by atoms with Gasteiger partial charge < -0.3 is 5.11 Å². The molecule has 0 radical (unpaired) electrons. The Morgan fingerprint density at radius 1 is 1.38 bits per heavy atom. The first kappa shape index (κ1) is 8.52. The van der Waals surface area contributed by atoms with Crippen molar-refractivity contribution in [1.29, 1.82) is 0 Å². The molecule has 2 rings (SSSR count). The van der Waals surface area contributed by atoms with Crippen molar-refractivity contribution in [1.82, 2.24) is 0 Å². The third kappa shape index (κ3) is 1.40. The number of aliphatic hydroxyl groups is 1. The molecule has 1 aromatic rings. The van der Waals surface area contributed by atoms with E-state index in [-0.39, 0.29) is 12.0 Å². The molecule has 68 valence electrons. The number of hydrogen-bond acceptors (Lipinski definition) is 1. The molecule has 1 nitrogen and oxygen atoms in total. The van der Waals surface area contributed by atoms with Gasteiger partial charge in [0, 0.05) is 5.92 Å². The highest BCUT2D eigenvalue weighted by Gasteiger charge is 2.22. The van der Waals surface area contributed by atoms with Crippen LogP contribution in [0.15, 0.2) is 30.3 Å². The van der Waals surface area contributed by atoms with Gasteiger partial charge in [-0.25, -0.2) is 0 Å². The van der Waals surface area contributed by atoms with Crippen molar-refractivity contribution in [3.8, 4) is 0 Å². The molecule has 2 atom stereocenters. The summed E-state index contributed by atoms with van der Waals surface area (Å²) in [7, 11) is 0. The average molecular weight is 174 g/mol. The van der Waals surface area contributed by atoms with E-state index >= 15 is 0 Å². The van der Waals surface area contributed by atoms with Crippen molar-refractivity contribution in [2.45, 2.75) is 25.4 Å². The highest BCUT2D eigenvalue weighted by molar-refractivity contribution is 5.62. The molecule has 2 unspecified atom stereocenters. The molecule has 0 saturated carbocycles. The van der Waals surface area contributed by atoms with Crippen LogP contribution in [0.1, 0.15) is 30.4 Å². The molecule has 0 heterocycles. The maximum atomic E-state index is 9.75. The maximum Gasteiger partial charge on any atom is 0.0641 e. The van der Waals surface area contributed by atoms with Gasteiger partial charge in [-0.1, -0.05) is 43.3 Å². The smallest absolute Gasteiger partial charge is 0.0641 e. The van der Waals surface area contributed by atoms with Crippen molar-refractivity contribution in [3.05, 3.63) is 41.5 Å². The van der Waals surface area contributed by atoms with Crippen molar-refractivity contribution in [2.75, 3.05) is 0 Å². The fourth-order valence-electron chi connectivity index (χ4n) is 1.87. The Bertz CT molecular complexity index is 328. The van der Waals surface area contributed by atoms with Crippen LogP contribution in [-0.4, -0.2) is 11.2 Å². The van der Waals surface area contributed by atoms with E-state index in [9.17, 15) is 5.11 Å². The molecule has 0 aliphatic heterocycles. The van der Waals surface area contributed by atoms with Gasteiger partial charge in [0.25, 0.3) is 0 Å². The number of hydrogen-bond donors (Lipinski definition) is 1. The van der Waals surface area contributed by atoms with Crippen molar-refractivity contribution in [3.63, 3.8) is 0 Å². The van der Waals surface area contributed by atoms with E-state index in [0.717, 1.165) is 6.42 Å². The number of aliphatic hydroxyl groups excluding tert-OH is 1. The Labute approximate surface area is 78.7 Å². The third-order valence-corrected chi connectivity index (χ3v) is 2.67. The first-order valence-electron chi connectivity index (χ1n) is 4.78. The molecule has 0 spiro atoms. The second-order valence-electron chi connectivity index (χ2n) is 3.49. The lowest BCUT2D eigenvalue weighted by atomic mass is 9.94. The lowest BCUT2D eigenvalue weighted by molar-refractivity contribution is 0.156. The molecule has 1 N–H and O–H groups in total. The van der Waals surface area contributed by atoms with E-state index in [2.05, 4.69) is 24.3 Å². The molecule has 0 bridgehead atoms. The van der Waals surface area contributed by atoms with E-state index in [1.54, 1.807) is 0 Å². The molecule has 0 saturated heterocycles. The van der Waals surface area contributed by atoms with Crippen molar-refractivity contribution < 1.29 is 5.11 Å². The highest BCUT2D eigenvalue weighted by Crippen LogP contribution is 2.32. The predicted octanol–water partition coefficient (Wildman–Crippen LogP) is 2.57. The normalized spacial score (nSPS) is 21.5. The number of benzene rings is 1. The fourth-order valence-corrected chi connectivity index (χ4v) is 1.87. The Hall–Kier alpha value is -1.08. The zero-order valence-electron chi connectivity index (χ0n) is 7.77. The summed E-state index contributed by atoms with van der Waals surface area (Å²) in [5, 5.41) is 9.75. The van der Waals surface area contributed by atoms with Gasteiger partial charge in [-0.05, 0) is 17.5 Å². The van der Waals surface area contributed by atoms with Gasteiger partial charge in [-0.3, -0.25) is 0 Å². The van der Waals surface area contributed by atoms with Crippen LogP contribution in [0.5, 0.6) is 0 Å². The van der Waals surface area contributed by atoms with E-state index in [1.165, 1.54) is 11.1 Å². The average Bonchev–Trinajstić information content (AvgIpc) is 2.60. The lowest BCUT2D eigenvalue weighted by Crippen LogP contribution is -2.14. The van der Waals surface area contributed by atoms with E-state index in [1.807, 2.05) is 19.1 Å². The zero-order chi connectivity index (χ0) is 9.26. The van der Waals surface area contributed by atoms with Crippen LogP contribution in [0.3, 0.4) is 0 Å². The molecule has 1 aliphatic rings. The molecule has 0 amide bonds. The molecule has 13 heavy (non-hydrogen) atoms. The highest BCUT2D eigenvalue weighted by atomic mass is 16.3. The fraction of sp³-hybridized carbons (Fsp3) is 0.333. The van der Waals surface area contributed by atoms with Crippen LogP contribution in [0.4, 0.5) is 0 Å². The summed E-state index contributed by atoms with van der Waals surface area (Å²) in [5.74, 6) is 0.209. The SMILES string of the molecule is CCC(O)C1C=Cc2ccccc21. The quantitative estimate of drug-likeness (QED) is 0.730. The first-order valence-corrected chi connectivity index (χ1v) is 4.78. The third-order valence-electron chi connectivity index (χ3n) is 2.67. The Morgan fingerprint density at radius 2 is 2.15 bits per heavy atom. The predicted molar refractivity (Wildman–Crippen MR) is 54.5 cm³/mol. The van der Waals surface area contributed by atoms with Gasteiger partial charge >= 0.3 is 0 Å². The van der Waals surface area contributed by atoms with Crippen LogP contribution in [0, 0.1) is 0 Å². The molecule has 1 aliphatic carbocycles. The summed E-state index contributed by atoms with van der Waals surface area (Å²) in [6, 6.07) is 8.25. The minimum Gasteiger partial charge on any atom is -0.392 e. The van der Waals surface area contributed by atoms with Crippen LogP contribution >= 0.6 is 0 Å². The van der Waals surface area contributed by atoms with Gasteiger partial charge in [-0.2, -0.15) is 0 Å². The molecule has 1 aromatic carbocycles. The second kappa shape index (κ2) is 3.35. The van der Waals surface area contributed by atoms with Crippen LogP contribution in [0.25, 0.3) is 6.08 Å². The van der Waals surface area contributed by atoms with E-state index in [4.69, 9.17) is 0 Å². The molecule has 1 heteroatoms. The second-order valence-corrected chi connectivity index (χ2v) is 3.49. The van der Waals surface area contributed by atoms with Crippen LogP contribution in [0.2, 0.25) is 0 Å². The maximum absolute atomic E-state index is 9.75. The molecular formula is C12H14O. The van der Waals surface area contributed by atoms with Gasteiger partial charge in [0.15, 0.2) is 0 Å². The minimum absolute atomic E-state index is 0.209. The Kier molecular flexibility index (Phi) is 2.19. The Morgan fingerprint density at radius 3 is 2.92 bits per heavy atom. The largest absolute Gasteiger partial charge is 0.392 e. The van der Waals surface area contributed by atoms with Gasteiger partial charge in [-0.15, -0.1) is 0 Å². The zero-order valence-corrected chi connectivity index (χ0v) is 7.77. The summed E-state index contributed by atoms with van der Waals surface area (Å²) in [6.45, 7) is 2.01. The summed E-state index contributed by atoms with van der Waals surface area (Å²) in [5.41, 5.74) is 2.51. The number of fused-ring (bicyclic) bond motifs is 1. The lowest BCUT2D eigenvalue weighted by Gasteiger charge is -2.16. The van der Waals surface area contributed by atoms with Crippen molar-refractivity contribution >= 4 is 6.08 Å². The van der Waals surface area contributed by atoms with Crippen LogP contribution in [-0.2, 0) is 0 Å². The van der Waals surface area contributed by atoms with Gasteiger partial charge in [0.1, 0.15) is 0 Å². The minimum atomic E-state index is -0.236. The first-order chi connectivity index (χ1) is 6.33. The monoisotopic (exact) mass is 174 g/mol. The van der Waals surface area contributed by atoms with E-state index in [0.29, 0.717) is 0 Å². The molecule has 0 fully saturated rings. The van der Waals surface area contributed by atoms with Gasteiger partial charge in [0.2, 0.25) is 0 Å². The Balaban J connectivity index is 2.33.